The number of anilines is 1. The first-order valence-electron chi connectivity index (χ1n) is 8.30. The van der Waals surface area contributed by atoms with Gasteiger partial charge in [-0.05, 0) is 42.2 Å². The van der Waals surface area contributed by atoms with Gasteiger partial charge in [0, 0.05) is 5.69 Å². The van der Waals surface area contributed by atoms with Gasteiger partial charge in [-0.25, -0.2) is 0 Å². The molecule has 1 atom stereocenters. The van der Waals surface area contributed by atoms with Crippen molar-refractivity contribution in [2.24, 2.45) is 0 Å². The molecule has 0 aliphatic carbocycles. The van der Waals surface area contributed by atoms with Crippen molar-refractivity contribution in [1.82, 2.24) is 5.32 Å². The zero-order chi connectivity index (χ0) is 16.8. The summed E-state index contributed by atoms with van der Waals surface area (Å²) < 4.78 is 5.51. The lowest BCUT2D eigenvalue weighted by Gasteiger charge is -2.31. The molecule has 2 aromatic rings. The first-order chi connectivity index (χ1) is 11.7. The Morgan fingerprint density at radius 1 is 1.25 bits per heavy atom. The Labute approximate surface area is 152 Å². The molecule has 1 aromatic heterocycles. The highest BCUT2D eigenvalue weighted by atomic mass is 32.1. The highest BCUT2D eigenvalue weighted by molar-refractivity contribution is 7.80. The minimum absolute atomic E-state index is 0.408. The zero-order valence-electron chi connectivity index (χ0n) is 13.9. The maximum Gasteiger partial charge on any atom is 0.171 e. The van der Waals surface area contributed by atoms with Crippen molar-refractivity contribution in [2.45, 2.75) is 13.0 Å². The lowest BCUT2D eigenvalue weighted by Crippen LogP contribution is -3.15. The van der Waals surface area contributed by atoms with Crippen LogP contribution in [0.2, 0.25) is 0 Å². The van der Waals surface area contributed by atoms with Gasteiger partial charge < -0.3 is 20.3 Å². The topological polar surface area (TPSA) is 37.7 Å². The van der Waals surface area contributed by atoms with E-state index in [4.69, 9.17) is 17.0 Å². The van der Waals surface area contributed by atoms with Crippen LogP contribution < -0.4 is 15.5 Å². The molecule has 0 unspecified atom stereocenters. The van der Waals surface area contributed by atoms with Gasteiger partial charge in [0.2, 0.25) is 0 Å². The summed E-state index contributed by atoms with van der Waals surface area (Å²) in [6, 6.07) is 12.9. The second kappa shape index (κ2) is 8.58. The molecule has 6 heteroatoms. The number of aryl methyl sites for hydroxylation is 1. The van der Waals surface area contributed by atoms with Gasteiger partial charge in [0.05, 0.1) is 24.6 Å². The average Bonchev–Trinajstić information content (AvgIpc) is 3.12. The van der Waals surface area contributed by atoms with Crippen LogP contribution in [-0.4, -0.2) is 38.0 Å². The monoisotopic (exact) mass is 362 g/mol. The van der Waals surface area contributed by atoms with Crippen LogP contribution in [0.1, 0.15) is 16.5 Å². The van der Waals surface area contributed by atoms with E-state index in [2.05, 4.69) is 41.1 Å². The van der Waals surface area contributed by atoms with Crippen molar-refractivity contribution in [3.8, 4) is 0 Å². The summed E-state index contributed by atoms with van der Waals surface area (Å²) in [6.45, 7) is 6.67. The Kier molecular flexibility index (Phi) is 6.20. The lowest BCUT2D eigenvalue weighted by molar-refractivity contribution is -0.937. The highest BCUT2D eigenvalue weighted by Crippen LogP contribution is 2.17. The van der Waals surface area contributed by atoms with Gasteiger partial charge in [-0.1, -0.05) is 24.3 Å². The Morgan fingerprint density at radius 2 is 2.04 bits per heavy atom. The number of ether oxygens (including phenoxy) is 1. The molecule has 2 heterocycles. The van der Waals surface area contributed by atoms with Crippen LogP contribution in [0.4, 0.5) is 5.69 Å². The number of hydrogen-bond acceptors (Lipinski definition) is 3. The molecule has 0 radical (unpaired) electrons. The molecule has 1 saturated heterocycles. The molecule has 0 saturated carbocycles. The fourth-order valence-corrected chi connectivity index (χ4v) is 4.07. The quantitative estimate of drug-likeness (QED) is 0.712. The lowest BCUT2D eigenvalue weighted by atomic mass is 10.2. The van der Waals surface area contributed by atoms with Gasteiger partial charge >= 0.3 is 0 Å². The maximum absolute atomic E-state index is 5.51. The van der Waals surface area contributed by atoms with Gasteiger partial charge in [-0.2, -0.15) is 0 Å². The van der Waals surface area contributed by atoms with Gasteiger partial charge in [0.25, 0.3) is 0 Å². The summed E-state index contributed by atoms with van der Waals surface area (Å²) in [5.74, 6) is 0. The van der Waals surface area contributed by atoms with Crippen LogP contribution in [0.5, 0.6) is 0 Å². The van der Waals surface area contributed by atoms with E-state index in [1.165, 1.54) is 10.4 Å². The predicted molar refractivity (Wildman–Crippen MR) is 104 cm³/mol. The van der Waals surface area contributed by atoms with Crippen LogP contribution >= 0.6 is 23.6 Å². The number of benzene rings is 1. The minimum Gasteiger partial charge on any atom is -0.370 e. The fraction of sp³-hybridized carbons (Fsp3) is 0.389. The van der Waals surface area contributed by atoms with E-state index in [0.717, 1.165) is 38.5 Å². The molecule has 4 nitrogen and oxygen atoms in total. The number of hydrogen-bond donors (Lipinski definition) is 3. The molecule has 0 spiro atoms. The number of quaternary nitrogens is 1. The number of nitrogens with one attached hydrogen (secondary N) is 3. The molecule has 0 amide bonds. The van der Waals surface area contributed by atoms with Crippen molar-refractivity contribution in [3.63, 3.8) is 0 Å². The van der Waals surface area contributed by atoms with Gasteiger partial charge in [0.1, 0.15) is 19.1 Å². The number of morpholine rings is 1. The van der Waals surface area contributed by atoms with E-state index < -0.39 is 0 Å². The van der Waals surface area contributed by atoms with Crippen molar-refractivity contribution in [2.75, 3.05) is 38.2 Å². The normalized spacial score (nSPS) is 16.5. The third kappa shape index (κ3) is 4.54. The Balaban J connectivity index is 1.61. The van der Waals surface area contributed by atoms with Gasteiger partial charge in [-0.3, -0.25) is 0 Å². The van der Waals surface area contributed by atoms with E-state index >= 15 is 0 Å². The number of thiocarbonyl (C=S) groups is 1. The first kappa shape index (κ1) is 17.4. The molecule has 1 aliphatic rings. The van der Waals surface area contributed by atoms with Crippen LogP contribution in [0.25, 0.3) is 0 Å². The second-order valence-corrected chi connectivity index (χ2v) is 7.38. The summed E-state index contributed by atoms with van der Waals surface area (Å²) in [4.78, 5) is 2.97. The predicted octanol–water partition coefficient (Wildman–Crippen LogP) is 2.00. The van der Waals surface area contributed by atoms with Crippen LogP contribution in [0, 0.1) is 6.92 Å². The largest absolute Gasteiger partial charge is 0.370 e. The standard InChI is InChI=1S/C18H23N3OS2/c1-14-5-2-3-6-15(14)20-18(23)19-13-16(17-7-4-12-24-17)21-8-10-22-11-9-21/h2-7,12,16H,8-11,13H2,1H3,(H2,19,20,23)/p+1/t16-/m1/s1. The molecule has 3 rings (SSSR count). The van der Waals surface area contributed by atoms with Crippen LogP contribution in [0.3, 0.4) is 0 Å². The summed E-state index contributed by atoms with van der Waals surface area (Å²) in [7, 11) is 0. The highest BCUT2D eigenvalue weighted by Gasteiger charge is 2.27. The number of rotatable bonds is 5. The Hall–Kier alpha value is -1.47. The van der Waals surface area contributed by atoms with Crippen molar-refractivity contribution < 1.29 is 9.64 Å². The van der Waals surface area contributed by atoms with E-state index in [-0.39, 0.29) is 0 Å². The average molecular weight is 363 g/mol. The zero-order valence-corrected chi connectivity index (χ0v) is 15.5. The smallest absolute Gasteiger partial charge is 0.171 e. The van der Waals surface area contributed by atoms with Gasteiger partial charge in [-0.15, -0.1) is 11.3 Å². The van der Waals surface area contributed by atoms with E-state index in [0.29, 0.717) is 11.2 Å². The Bertz CT molecular complexity index is 654. The van der Waals surface area contributed by atoms with Crippen molar-refractivity contribution >= 4 is 34.4 Å². The van der Waals surface area contributed by atoms with Gasteiger partial charge in [0.15, 0.2) is 5.11 Å². The van der Waals surface area contributed by atoms with Crippen LogP contribution in [-0.2, 0) is 4.74 Å². The molecule has 1 aromatic carbocycles. The molecule has 24 heavy (non-hydrogen) atoms. The summed E-state index contributed by atoms with van der Waals surface area (Å²) in [5.41, 5.74) is 2.25. The molecule has 0 bridgehead atoms. The van der Waals surface area contributed by atoms with E-state index in [1.54, 1.807) is 4.90 Å². The molecular weight excluding hydrogens is 338 g/mol. The van der Waals surface area contributed by atoms with Crippen LogP contribution in [0.15, 0.2) is 41.8 Å². The fourth-order valence-electron chi connectivity index (χ4n) is 2.99. The molecule has 1 fully saturated rings. The Morgan fingerprint density at radius 3 is 2.75 bits per heavy atom. The van der Waals surface area contributed by atoms with Crippen molar-refractivity contribution in [3.05, 3.63) is 52.2 Å². The van der Waals surface area contributed by atoms with E-state index in [1.807, 2.05) is 29.5 Å². The number of thiophene rings is 1. The number of para-hydroxylation sites is 1. The molecule has 3 N–H and O–H groups in total. The molecule has 1 aliphatic heterocycles. The third-order valence-electron chi connectivity index (χ3n) is 4.37. The summed E-state index contributed by atoms with van der Waals surface area (Å²) in [5, 5.41) is 9.54. The second-order valence-electron chi connectivity index (χ2n) is 5.99. The first-order valence-corrected chi connectivity index (χ1v) is 9.59. The third-order valence-corrected chi connectivity index (χ3v) is 5.61. The summed E-state index contributed by atoms with van der Waals surface area (Å²) >= 11 is 7.31. The molecular formula is C18H24N3OS2+. The SMILES string of the molecule is Cc1ccccc1NC(=S)NC[C@H](c1cccs1)[NH+]1CCOCC1. The minimum atomic E-state index is 0.408. The van der Waals surface area contributed by atoms with E-state index in [9.17, 15) is 0 Å². The van der Waals surface area contributed by atoms with Crippen molar-refractivity contribution in [1.29, 1.82) is 0 Å². The summed E-state index contributed by atoms with van der Waals surface area (Å²) in [6.07, 6.45) is 0. The molecule has 128 valence electrons. The maximum atomic E-state index is 5.51.